The predicted octanol–water partition coefficient (Wildman–Crippen LogP) is 1.33. The van der Waals surface area contributed by atoms with Gasteiger partial charge < -0.3 is 5.32 Å². The molecule has 1 aromatic carbocycles. The summed E-state index contributed by atoms with van der Waals surface area (Å²) < 4.78 is 1.36. The van der Waals surface area contributed by atoms with Crippen LogP contribution in [-0.2, 0) is 11.3 Å². The molecule has 2 N–H and O–H groups in total. The van der Waals surface area contributed by atoms with E-state index in [1.165, 1.54) is 10.9 Å². The maximum absolute atomic E-state index is 12.3. The minimum atomic E-state index is -0.482. The molecule has 3 rings (SSSR count). The molecule has 2 heterocycles. The minimum absolute atomic E-state index is 0.00201. The van der Waals surface area contributed by atoms with Crippen LogP contribution in [0.25, 0.3) is 11.4 Å². The molecular formula is C16H18N8O2. The second kappa shape index (κ2) is 6.82. The summed E-state index contributed by atoms with van der Waals surface area (Å²) in [6.45, 7) is 5.56. The first-order valence-corrected chi connectivity index (χ1v) is 7.91. The lowest BCUT2D eigenvalue weighted by Crippen LogP contribution is -2.25. The summed E-state index contributed by atoms with van der Waals surface area (Å²) in [4.78, 5) is 24.4. The molecule has 2 aromatic heterocycles. The van der Waals surface area contributed by atoms with E-state index in [-0.39, 0.29) is 18.0 Å². The molecular weight excluding hydrogens is 336 g/mol. The van der Waals surface area contributed by atoms with Crippen LogP contribution >= 0.6 is 0 Å². The molecule has 134 valence electrons. The van der Waals surface area contributed by atoms with E-state index in [0.29, 0.717) is 17.1 Å². The number of carbonyl (C=O) groups excluding carboxylic acids is 2. The molecule has 0 spiro atoms. The fourth-order valence-corrected chi connectivity index (χ4v) is 2.08. The first kappa shape index (κ1) is 17.4. The Labute approximate surface area is 149 Å². The maximum atomic E-state index is 12.3. The monoisotopic (exact) mass is 354 g/mol. The highest BCUT2D eigenvalue weighted by Gasteiger charge is 2.22. The van der Waals surface area contributed by atoms with Gasteiger partial charge in [-0.15, -0.1) is 15.3 Å². The van der Waals surface area contributed by atoms with Crippen LogP contribution in [0.4, 0.5) is 5.69 Å². The number of hydrogen-bond acceptors (Lipinski definition) is 7. The number of anilines is 1. The van der Waals surface area contributed by atoms with Gasteiger partial charge in [-0.2, -0.15) is 5.21 Å². The number of tetrazole rings is 1. The van der Waals surface area contributed by atoms with E-state index in [2.05, 4.69) is 36.3 Å². The smallest absolute Gasteiger partial charge is 0.277 e. The van der Waals surface area contributed by atoms with E-state index in [1.807, 2.05) is 20.8 Å². The van der Waals surface area contributed by atoms with Gasteiger partial charge in [0.2, 0.25) is 5.82 Å². The van der Waals surface area contributed by atoms with Gasteiger partial charge in [-0.05, 0) is 17.3 Å². The fraction of sp³-hybridized carbons (Fsp3) is 0.312. The topological polar surface area (TPSA) is 131 Å². The number of aromatic nitrogens is 7. The molecule has 10 nitrogen and oxygen atoms in total. The largest absolute Gasteiger partial charge is 0.321 e. The van der Waals surface area contributed by atoms with Gasteiger partial charge in [0, 0.05) is 16.7 Å². The highest BCUT2D eigenvalue weighted by atomic mass is 16.2. The molecule has 0 fully saturated rings. The average Bonchev–Trinajstić information content (AvgIpc) is 3.26. The Hall–Kier alpha value is -3.43. The molecule has 0 aliphatic heterocycles. The van der Waals surface area contributed by atoms with Crippen LogP contribution in [0.2, 0.25) is 0 Å². The number of Topliss-reactive ketones (excluding diaryl/α,β-unsaturated/α-hetero) is 1. The number of benzene rings is 1. The summed E-state index contributed by atoms with van der Waals surface area (Å²) in [6, 6.07) is 7.01. The van der Waals surface area contributed by atoms with Crippen molar-refractivity contribution in [3.8, 4) is 11.4 Å². The molecule has 0 aliphatic carbocycles. The zero-order valence-electron chi connectivity index (χ0n) is 14.6. The molecule has 10 heteroatoms. The van der Waals surface area contributed by atoms with Crippen molar-refractivity contribution < 1.29 is 9.59 Å². The quantitative estimate of drug-likeness (QED) is 0.706. The summed E-state index contributed by atoms with van der Waals surface area (Å²) >= 11 is 0. The fourth-order valence-electron chi connectivity index (χ4n) is 2.08. The van der Waals surface area contributed by atoms with E-state index in [4.69, 9.17) is 0 Å². The van der Waals surface area contributed by atoms with Gasteiger partial charge in [0.15, 0.2) is 11.5 Å². The molecule has 0 saturated carbocycles. The number of amides is 1. The van der Waals surface area contributed by atoms with Crippen LogP contribution in [0, 0.1) is 5.41 Å². The standard InChI is InChI=1S/C16H18N8O2/c1-16(2,3)13(25)9-24-8-12(18-23-24)15(26)17-11-6-4-5-10(7-11)14-19-21-22-20-14/h4-8H,9H2,1-3H3,(H,17,26)(H,19,20,21,22). The van der Waals surface area contributed by atoms with Crippen molar-refractivity contribution in [2.45, 2.75) is 27.3 Å². The zero-order chi connectivity index (χ0) is 18.7. The van der Waals surface area contributed by atoms with Gasteiger partial charge in [0.1, 0.15) is 6.54 Å². The Morgan fingerprint density at radius 2 is 2.04 bits per heavy atom. The Bertz CT molecular complexity index is 924. The van der Waals surface area contributed by atoms with Crippen LogP contribution in [0.1, 0.15) is 31.3 Å². The van der Waals surface area contributed by atoms with Crippen LogP contribution in [0.3, 0.4) is 0 Å². The van der Waals surface area contributed by atoms with Crippen molar-refractivity contribution in [2.24, 2.45) is 5.41 Å². The average molecular weight is 354 g/mol. The Kier molecular flexibility index (Phi) is 4.57. The zero-order valence-corrected chi connectivity index (χ0v) is 14.6. The summed E-state index contributed by atoms with van der Waals surface area (Å²) in [7, 11) is 0. The van der Waals surface area contributed by atoms with Crippen molar-refractivity contribution in [2.75, 3.05) is 5.32 Å². The van der Waals surface area contributed by atoms with Crippen molar-refractivity contribution >= 4 is 17.4 Å². The molecule has 3 aromatic rings. The number of ketones is 1. The van der Waals surface area contributed by atoms with Crippen molar-refractivity contribution in [3.05, 3.63) is 36.2 Å². The molecule has 0 atom stereocenters. The molecule has 0 radical (unpaired) electrons. The van der Waals surface area contributed by atoms with E-state index >= 15 is 0 Å². The van der Waals surface area contributed by atoms with Gasteiger partial charge in [0.25, 0.3) is 5.91 Å². The SMILES string of the molecule is CC(C)(C)C(=O)Cn1cc(C(=O)Nc2cccc(-c3nn[nH]n3)c2)nn1. The lowest BCUT2D eigenvalue weighted by Gasteiger charge is -2.15. The first-order chi connectivity index (χ1) is 12.3. The number of carbonyl (C=O) groups is 2. The Balaban J connectivity index is 1.69. The minimum Gasteiger partial charge on any atom is -0.321 e. The third-order valence-electron chi connectivity index (χ3n) is 3.64. The van der Waals surface area contributed by atoms with Gasteiger partial charge in [0.05, 0.1) is 6.20 Å². The van der Waals surface area contributed by atoms with Crippen LogP contribution < -0.4 is 5.32 Å². The summed E-state index contributed by atoms with van der Waals surface area (Å²) in [6.07, 6.45) is 1.45. The number of H-pyrrole nitrogens is 1. The highest BCUT2D eigenvalue weighted by Crippen LogP contribution is 2.19. The third kappa shape index (κ3) is 3.97. The summed E-state index contributed by atoms with van der Waals surface area (Å²) in [5.41, 5.74) is 0.898. The number of hydrogen-bond donors (Lipinski definition) is 2. The molecule has 0 unspecified atom stereocenters. The molecule has 1 amide bonds. The summed E-state index contributed by atoms with van der Waals surface area (Å²) in [5.74, 6) is -0.000345. The van der Waals surface area contributed by atoms with E-state index < -0.39 is 11.3 Å². The van der Waals surface area contributed by atoms with Crippen molar-refractivity contribution in [3.63, 3.8) is 0 Å². The summed E-state index contributed by atoms with van der Waals surface area (Å²) in [5, 5.41) is 24.1. The molecule has 0 aliphatic rings. The van der Waals surface area contributed by atoms with E-state index in [1.54, 1.807) is 24.3 Å². The highest BCUT2D eigenvalue weighted by molar-refractivity contribution is 6.02. The van der Waals surface area contributed by atoms with Crippen LogP contribution in [0.15, 0.2) is 30.5 Å². The normalized spacial score (nSPS) is 11.3. The Morgan fingerprint density at radius 1 is 1.23 bits per heavy atom. The second-order valence-electron chi connectivity index (χ2n) is 6.74. The van der Waals surface area contributed by atoms with Gasteiger partial charge in [-0.3, -0.25) is 9.59 Å². The van der Waals surface area contributed by atoms with Gasteiger partial charge in [-0.1, -0.05) is 38.1 Å². The lowest BCUT2D eigenvalue weighted by atomic mass is 9.91. The molecule has 0 saturated heterocycles. The number of nitrogens with one attached hydrogen (secondary N) is 2. The number of rotatable bonds is 5. The Morgan fingerprint density at radius 3 is 2.73 bits per heavy atom. The lowest BCUT2D eigenvalue weighted by molar-refractivity contribution is -0.127. The second-order valence-corrected chi connectivity index (χ2v) is 6.74. The molecule has 26 heavy (non-hydrogen) atoms. The van der Waals surface area contributed by atoms with E-state index in [0.717, 1.165) is 0 Å². The first-order valence-electron chi connectivity index (χ1n) is 7.91. The number of nitrogens with zero attached hydrogens (tertiary/aromatic N) is 6. The van der Waals surface area contributed by atoms with Crippen molar-refractivity contribution in [1.82, 2.24) is 35.6 Å². The number of aromatic amines is 1. The maximum Gasteiger partial charge on any atom is 0.277 e. The van der Waals surface area contributed by atoms with Gasteiger partial charge in [-0.25, -0.2) is 4.68 Å². The third-order valence-corrected chi connectivity index (χ3v) is 3.64. The molecule has 0 bridgehead atoms. The van der Waals surface area contributed by atoms with Crippen LogP contribution in [0.5, 0.6) is 0 Å². The van der Waals surface area contributed by atoms with E-state index in [9.17, 15) is 9.59 Å². The van der Waals surface area contributed by atoms with Crippen LogP contribution in [-0.4, -0.2) is 47.3 Å². The van der Waals surface area contributed by atoms with Gasteiger partial charge >= 0.3 is 0 Å². The van der Waals surface area contributed by atoms with Crippen molar-refractivity contribution in [1.29, 1.82) is 0 Å². The predicted molar refractivity (Wildman–Crippen MR) is 92.1 cm³/mol.